The molecule has 0 radical (unpaired) electrons. The minimum Gasteiger partial charge on any atom is -0.307 e. The third-order valence-electron chi connectivity index (χ3n) is 2.30. The van der Waals surface area contributed by atoms with Gasteiger partial charge in [-0.25, -0.2) is 15.8 Å². The Labute approximate surface area is 110 Å². The monoisotopic (exact) mass is 261 g/mol. The molecule has 0 aliphatic carbocycles. The number of aromatic nitrogens is 3. The third-order valence-corrected chi connectivity index (χ3v) is 3.24. The molecule has 18 heavy (non-hydrogen) atoms. The van der Waals surface area contributed by atoms with Crippen LogP contribution in [-0.4, -0.2) is 15.0 Å². The molecule has 0 spiro atoms. The van der Waals surface area contributed by atoms with Gasteiger partial charge in [0.2, 0.25) is 0 Å². The predicted molar refractivity (Wildman–Crippen MR) is 73.1 cm³/mol. The summed E-state index contributed by atoms with van der Waals surface area (Å²) in [5.74, 6) is 6.54. The number of nitrogens with zero attached hydrogens (tertiary/aromatic N) is 3. The van der Waals surface area contributed by atoms with Crippen molar-refractivity contribution in [2.24, 2.45) is 5.84 Å². The Morgan fingerprint density at radius 3 is 2.67 bits per heavy atom. The SMILES string of the molecule is Cc1cc(C)nc(SCc2cnc(NN)cn2)c1. The van der Waals surface area contributed by atoms with Gasteiger partial charge in [-0.05, 0) is 31.5 Å². The fourth-order valence-electron chi connectivity index (χ4n) is 1.53. The number of rotatable bonds is 4. The van der Waals surface area contributed by atoms with Gasteiger partial charge in [0, 0.05) is 11.4 Å². The third kappa shape index (κ3) is 3.41. The Morgan fingerprint density at radius 2 is 2.06 bits per heavy atom. The lowest BCUT2D eigenvalue weighted by molar-refractivity contribution is 1.04. The number of thioether (sulfide) groups is 1. The maximum atomic E-state index is 5.23. The summed E-state index contributed by atoms with van der Waals surface area (Å²) in [5.41, 5.74) is 5.61. The molecular formula is C12H15N5S. The van der Waals surface area contributed by atoms with E-state index in [-0.39, 0.29) is 0 Å². The van der Waals surface area contributed by atoms with Gasteiger partial charge in [-0.3, -0.25) is 4.98 Å². The molecule has 0 unspecified atom stereocenters. The molecule has 0 aromatic carbocycles. The highest BCUT2D eigenvalue weighted by molar-refractivity contribution is 7.98. The topological polar surface area (TPSA) is 76.7 Å². The lowest BCUT2D eigenvalue weighted by atomic mass is 10.3. The normalized spacial score (nSPS) is 10.4. The minimum absolute atomic E-state index is 0.563. The van der Waals surface area contributed by atoms with Crippen molar-refractivity contribution in [2.75, 3.05) is 5.43 Å². The summed E-state index contributed by atoms with van der Waals surface area (Å²) in [5, 5.41) is 1.01. The van der Waals surface area contributed by atoms with E-state index in [9.17, 15) is 0 Å². The van der Waals surface area contributed by atoms with Crippen LogP contribution in [0.4, 0.5) is 5.82 Å². The highest BCUT2D eigenvalue weighted by atomic mass is 32.2. The highest BCUT2D eigenvalue weighted by Gasteiger charge is 2.01. The van der Waals surface area contributed by atoms with Gasteiger partial charge in [0.05, 0.1) is 23.1 Å². The van der Waals surface area contributed by atoms with Gasteiger partial charge in [-0.2, -0.15) is 0 Å². The van der Waals surface area contributed by atoms with Gasteiger partial charge in [0.1, 0.15) is 0 Å². The molecule has 5 nitrogen and oxygen atoms in total. The van der Waals surface area contributed by atoms with Crippen LogP contribution in [0.5, 0.6) is 0 Å². The Balaban J connectivity index is 2.01. The second-order valence-electron chi connectivity index (χ2n) is 3.95. The van der Waals surface area contributed by atoms with E-state index in [0.29, 0.717) is 5.82 Å². The van der Waals surface area contributed by atoms with Gasteiger partial charge >= 0.3 is 0 Å². The Bertz CT molecular complexity index is 506. The number of nitrogens with one attached hydrogen (secondary N) is 1. The van der Waals surface area contributed by atoms with E-state index >= 15 is 0 Å². The molecule has 2 heterocycles. The summed E-state index contributed by atoms with van der Waals surface area (Å²) >= 11 is 1.65. The quantitative estimate of drug-likeness (QED) is 0.498. The summed E-state index contributed by atoms with van der Waals surface area (Å²) in [6.45, 7) is 4.07. The van der Waals surface area contributed by atoms with E-state index in [1.807, 2.05) is 6.92 Å². The molecule has 2 aromatic rings. The highest BCUT2D eigenvalue weighted by Crippen LogP contribution is 2.21. The second kappa shape index (κ2) is 5.79. The molecule has 2 rings (SSSR count). The van der Waals surface area contributed by atoms with Crippen molar-refractivity contribution in [3.63, 3.8) is 0 Å². The number of aryl methyl sites for hydroxylation is 2. The first kappa shape index (κ1) is 12.8. The Hall–Kier alpha value is -1.66. The van der Waals surface area contributed by atoms with Crippen LogP contribution in [0.25, 0.3) is 0 Å². The Morgan fingerprint density at radius 1 is 1.22 bits per heavy atom. The molecule has 0 saturated heterocycles. The summed E-state index contributed by atoms with van der Waals surface area (Å²) in [6.07, 6.45) is 3.33. The molecule has 3 N–H and O–H groups in total. The summed E-state index contributed by atoms with van der Waals surface area (Å²) in [6, 6.07) is 4.13. The first-order valence-corrected chi connectivity index (χ1v) is 6.51. The van der Waals surface area contributed by atoms with Gasteiger partial charge in [-0.15, -0.1) is 0 Å². The summed E-state index contributed by atoms with van der Waals surface area (Å²) in [7, 11) is 0. The van der Waals surface area contributed by atoms with E-state index in [1.54, 1.807) is 24.2 Å². The average Bonchev–Trinajstić information content (AvgIpc) is 2.36. The van der Waals surface area contributed by atoms with Crippen LogP contribution in [0.15, 0.2) is 29.6 Å². The largest absolute Gasteiger partial charge is 0.307 e. The lowest BCUT2D eigenvalue weighted by Gasteiger charge is -2.04. The average molecular weight is 261 g/mol. The van der Waals surface area contributed by atoms with Crippen molar-refractivity contribution in [2.45, 2.75) is 24.6 Å². The van der Waals surface area contributed by atoms with Crippen molar-refractivity contribution in [1.82, 2.24) is 15.0 Å². The molecule has 0 aliphatic rings. The molecule has 0 saturated carbocycles. The fourth-order valence-corrected chi connectivity index (χ4v) is 2.45. The molecule has 6 heteroatoms. The van der Waals surface area contributed by atoms with Gasteiger partial charge < -0.3 is 5.43 Å². The standard InChI is InChI=1S/C12H15N5S/c1-8-3-9(2)16-12(4-8)18-7-10-5-15-11(17-13)6-14-10/h3-6H,7,13H2,1-2H3,(H,15,17). The van der Waals surface area contributed by atoms with Crippen LogP contribution in [0.2, 0.25) is 0 Å². The van der Waals surface area contributed by atoms with Crippen LogP contribution < -0.4 is 11.3 Å². The van der Waals surface area contributed by atoms with Gasteiger partial charge in [0.25, 0.3) is 0 Å². The molecule has 0 aliphatic heterocycles. The number of nitrogen functional groups attached to an aromatic ring is 1. The van der Waals surface area contributed by atoms with Crippen LogP contribution in [0.3, 0.4) is 0 Å². The maximum absolute atomic E-state index is 5.23. The fraction of sp³-hybridized carbons (Fsp3) is 0.250. The molecule has 94 valence electrons. The van der Waals surface area contributed by atoms with E-state index in [2.05, 4.69) is 39.4 Å². The smallest absolute Gasteiger partial charge is 0.158 e. The van der Waals surface area contributed by atoms with Crippen LogP contribution >= 0.6 is 11.8 Å². The van der Waals surface area contributed by atoms with Crippen molar-refractivity contribution in [3.05, 3.63) is 41.5 Å². The first-order valence-electron chi connectivity index (χ1n) is 5.53. The molecule has 0 amide bonds. The van der Waals surface area contributed by atoms with Crippen molar-refractivity contribution >= 4 is 17.6 Å². The maximum Gasteiger partial charge on any atom is 0.158 e. The zero-order valence-electron chi connectivity index (χ0n) is 10.3. The minimum atomic E-state index is 0.563. The first-order chi connectivity index (χ1) is 8.67. The number of pyridine rings is 1. The van der Waals surface area contributed by atoms with Gasteiger partial charge in [-0.1, -0.05) is 11.8 Å². The number of hydrogen-bond acceptors (Lipinski definition) is 6. The molecule has 2 aromatic heterocycles. The Kier molecular flexibility index (Phi) is 4.11. The summed E-state index contributed by atoms with van der Waals surface area (Å²) in [4.78, 5) is 12.8. The van der Waals surface area contributed by atoms with Gasteiger partial charge in [0.15, 0.2) is 5.82 Å². The van der Waals surface area contributed by atoms with E-state index in [0.717, 1.165) is 22.2 Å². The van der Waals surface area contributed by atoms with Crippen molar-refractivity contribution in [3.8, 4) is 0 Å². The summed E-state index contributed by atoms with van der Waals surface area (Å²) < 4.78 is 0. The van der Waals surface area contributed by atoms with Crippen LogP contribution in [0, 0.1) is 13.8 Å². The second-order valence-corrected chi connectivity index (χ2v) is 4.95. The van der Waals surface area contributed by atoms with E-state index < -0.39 is 0 Å². The number of anilines is 1. The lowest BCUT2D eigenvalue weighted by Crippen LogP contribution is -2.08. The van der Waals surface area contributed by atoms with Crippen LogP contribution in [0.1, 0.15) is 17.0 Å². The number of hydrogen-bond donors (Lipinski definition) is 2. The molecule has 0 fully saturated rings. The van der Waals surface area contributed by atoms with Crippen LogP contribution in [-0.2, 0) is 5.75 Å². The van der Waals surface area contributed by atoms with E-state index in [1.165, 1.54) is 5.56 Å². The van der Waals surface area contributed by atoms with Crippen molar-refractivity contribution < 1.29 is 0 Å². The molecular weight excluding hydrogens is 246 g/mol. The predicted octanol–water partition coefficient (Wildman–Crippen LogP) is 2.07. The molecule has 0 atom stereocenters. The number of hydrazine groups is 1. The zero-order chi connectivity index (χ0) is 13.0. The number of nitrogens with two attached hydrogens (primary N) is 1. The zero-order valence-corrected chi connectivity index (χ0v) is 11.2. The molecule has 0 bridgehead atoms. The van der Waals surface area contributed by atoms with E-state index in [4.69, 9.17) is 5.84 Å². The van der Waals surface area contributed by atoms with Crippen molar-refractivity contribution in [1.29, 1.82) is 0 Å².